The molecule has 0 saturated heterocycles. The van der Waals surface area contributed by atoms with Crippen LogP contribution >= 0.6 is 0 Å². The number of nitro benzene ring substituents is 1. The number of amides is 3. The highest BCUT2D eigenvalue weighted by atomic mass is 32.2. The lowest BCUT2D eigenvalue weighted by Gasteiger charge is -2.16. The van der Waals surface area contributed by atoms with E-state index < -0.39 is 55.9 Å². The number of nitro groups is 1. The molecule has 0 fully saturated rings. The Kier molecular flexibility index (Phi) is 7.44. The second kappa shape index (κ2) is 9.64. The second-order valence-corrected chi connectivity index (χ2v) is 9.28. The Balaban J connectivity index is 1.94. The van der Waals surface area contributed by atoms with E-state index in [1.54, 1.807) is 0 Å². The zero-order valence-electron chi connectivity index (χ0n) is 16.6. The molecule has 0 radical (unpaired) electrons. The number of aliphatic carboxylic acids is 1. The van der Waals surface area contributed by atoms with Crippen LogP contribution in [0.5, 0.6) is 0 Å². The molecule has 0 saturated carbocycles. The van der Waals surface area contributed by atoms with Crippen LogP contribution in [0.25, 0.3) is 0 Å². The molecule has 2 N–H and O–H groups in total. The SMILES string of the molecule is CCS(=O)(=O)CCC(NC(=O)CCCN1C(=O)c2cccc([N+](=O)[O-])c2C1=O)C(=O)O. The fraction of sp³-hybridized carbons (Fsp3) is 0.444. The molecule has 1 unspecified atom stereocenters. The number of hydrogen-bond donors (Lipinski definition) is 2. The van der Waals surface area contributed by atoms with Gasteiger partial charge in [0.2, 0.25) is 5.91 Å². The van der Waals surface area contributed by atoms with E-state index in [-0.39, 0.29) is 42.7 Å². The number of nitrogens with one attached hydrogen (secondary N) is 1. The zero-order chi connectivity index (χ0) is 23.3. The number of hydrogen-bond acceptors (Lipinski definition) is 8. The summed E-state index contributed by atoms with van der Waals surface area (Å²) in [6.07, 6.45) is -0.538. The normalized spacial score (nSPS) is 14.3. The molecule has 0 spiro atoms. The number of carboxylic acid groups (broad SMARTS) is 1. The lowest BCUT2D eigenvalue weighted by Crippen LogP contribution is -2.42. The van der Waals surface area contributed by atoms with Crippen molar-refractivity contribution < 1.29 is 37.6 Å². The summed E-state index contributed by atoms with van der Waals surface area (Å²) < 4.78 is 23.1. The van der Waals surface area contributed by atoms with Crippen LogP contribution in [0.2, 0.25) is 0 Å². The summed E-state index contributed by atoms with van der Waals surface area (Å²) in [5.41, 5.74) is -0.876. The molecular formula is C18H21N3O9S. The first-order valence-corrected chi connectivity index (χ1v) is 11.2. The number of imide groups is 1. The first-order chi connectivity index (χ1) is 14.5. The number of carbonyl (C=O) groups is 4. The number of benzene rings is 1. The monoisotopic (exact) mass is 455 g/mol. The van der Waals surface area contributed by atoms with Gasteiger partial charge in [0.25, 0.3) is 17.5 Å². The fourth-order valence-corrected chi connectivity index (χ4v) is 3.92. The molecule has 2 rings (SSSR count). The molecule has 168 valence electrons. The van der Waals surface area contributed by atoms with Crippen molar-refractivity contribution in [2.45, 2.75) is 32.2 Å². The molecule has 1 aromatic carbocycles. The van der Waals surface area contributed by atoms with Crippen LogP contribution in [0.15, 0.2) is 18.2 Å². The van der Waals surface area contributed by atoms with Gasteiger partial charge < -0.3 is 10.4 Å². The maximum atomic E-state index is 12.4. The molecule has 1 aromatic rings. The third kappa shape index (κ3) is 5.63. The summed E-state index contributed by atoms with van der Waals surface area (Å²) in [7, 11) is -3.40. The fourth-order valence-electron chi connectivity index (χ4n) is 3.03. The van der Waals surface area contributed by atoms with Crippen molar-refractivity contribution in [1.82, 2.24) is 10.2 Å². The Morgan fingerprint density at radius 3 is 2.52 bits per heavy atom. The molecule has 12 nitrogen and oxygen atoms in total. The van der Waals surface area contributed by atoms with E-state index in [4.69, 9.17) is 5.11 Å². The first kappa shape index (κ1) is 23.9. The van der Waals surface area contributed by atoms with Gasteiger partial charge in [-0.1, -0.05) is 13.0 Å². The minimum absolute atomic E-state index is 0.00923. The van der Waals surface area contributed by atoms with Crippen molar-refractivity contribution in [1.29, 1.82) is 0 Å². The van der Waals surface area contributed by atoms with Crippen LogP contribution in [-0.2, 0) is 19.4 Å². The largest absolute Gasteiger partial charge is 0.480 e. The highest BCUT2D eigenvalue weighted by molar-refractivity contribution is 7.91. The molecule has 1 heterocycles. The van der Waals surface area contributed by atoms with Gasteiger partial charge in [-0.3, -0.25) is 29.4 Å². The van der Waals surface area contributed by atoms with E-state index in [1.165, 1.54) is 19.1 Å². The maximum Gasteiger partial charge on any atom is 0.326 e. The number of rotatable bonds is 11. The molecule has 0 bridgehead atoms. The lowest BCUT2D eigenvalue weighted by molar-refractivity contribution is -0.385. The third-order valence-corrected chi connectivity index (χ3v) is 6.49. The summed E-state index contributed by atoms with van der Waals surface area (Å²) in [6.45, 7) is 1.23. The van der Waals surface area contributed by atoms with Gasteiger partial charge >= 0.3 is 5.97 Å². The first-order valence-electron chi connectivity index (χ1n) is 9.34. The standard InChI is InChI=1S/C18H21N3O9S/c1-2-31(29,30)10-8-12(18(25)26)19-14(22)7-4-9-20-16(23)11-5-3-6-13(21(27)28)15(11)17(20)24/h3,5-6,12H,2,4,7-10H2,1H3,(H,19,22)(H,25,26). The smallest absolute Gasteiger partial charge is 0.326 e. The number of carboxylic acids is 1. The number of nitrogens with zero attached hydrogens (tertiary/aromatic N) is 2. The number of sulfone groups is 1. The van der Waals surface area contributed by atoms with E-state index >= 15 is 0 Å². The molecule has 1 atom stereocenters. The minimum atomic E-state index is -3.40. The van der Waals surface area contributed by atoms with E-state index in [0.717, 1.165) is 11.0 Å². The molecule has 0 aromatic heterocycles. The summed E-state index contributed by atoms with van der Waals surface area (Å²) in [5.74, 6) is -4.16. The Morgan fingerprint density at radius 1 is 1.26 bits per heavy atom. The van der Waals surface area contributed by atoms with E-state index in [2.05, 4.69) is 5.32 Å². The van der Waals surface area contributed by atoms with Crippen LogP contribution in [0.4, 0.5) is 5.69 Å². The van der Waals surface area contributed by atoms with Crippen molar-refractivity contribution in [3.63, 3.8) is 0 Å². The highest BCUT2D eigenvalue weighted by Crippen LogP contribution is 2.30. The van der Waals surface area contributed by atoms with Gasteiger partial charge in [-0.2, -0.15) is 0 Å². The molecular weight excluding hydrogens is 434 g/mol. The minimum Gasteiger partial charge on any atom is -0.480 e. The van der Waals surface area contributed by atoms with Gasteiger partial charge in [-0.15, -0.1) is 0 Å². The summed E-state index contributed by atoms with van der Waals surface area (Å²) in [5, 5.41) is 22.5. The van der Waals surface area contributed by atoms with E-state index in [1.807, 2.05) is 0 Å². The van der Waals surface area contributed by atoms with Gasteiger partial charge in [-0.25, -0.2) is 13.2 Å². The molecule has 0 aliphatic carbocycles. The number of carbonyl (C=O) groups excluding carboxylic acids is 3. The Bertz CT molecular complexity index is 1040. The summed E-state index contributed by atoms with van der Waals surface area (Å²) >= 11 is 0. The van der Waals surface area contributed by atoms with Crippen LogP contribution < -0.4 is 5.32 Å². The molecule has 1 aliphatic heterocycles. The van der Waals surface area contributed by atoms with Crippen molar-refractivity contribution in [3.8, 4) is 0 Å². The zero-order valence-corrected chi connectivity index (χ0v) is 17.4. The van der Waals surface area contributed by atoms with E-state index in [0.29, 0.717) is 0 Å². The van der Waals surface area contributed by atoms with Crippen LogP contribution in [-0.4, -0.2) is 71.1 Å². The van der Waals surface area contributed by atoms with Gasteiger partial charge in [0.1, 0.15) is 21.4 Å². The summed E-state index contributed by atoms with van der Waals surface area (Å²) in [6, 6.07) is 2.32. The second-order valence-electron chi connectivity index (χ2n) is 6.81. The van der Waals surface area contributed by atoms with Gasteiger partial charge in [0.05, 0.1) is 16.2 Å². The van der Waals surface area contributed by atoms with Crippen LogP contribution in [0.3, 0.4) is 0 Å². The van der Waals surface area contributed by atoms with Crippen molar-refractivity contribution >= 4 is 39.2 Å². The Hall–Kier alpha value is -3.35. The Labute approximate surface area is 177 Å². The van der Waals surface area contributed by atoms with Crippen LogP contribution in [0, 0.1) is 10.1 Å². The topological polar surface area (TPSA) is 181 Å². The maximum absolute atomic E-state index is 12.4. The number of fused-ring (bicyclic) bond motifs is 1. The molecule has 1 aliphatic rings. The third-order valence-electron chi connectivity index (χ3n) is 4.75. The molecule has 13 heteroatoms. The van der Waals surface area contributed by atoms with Gasteiger partial charge in [0.15, 0.2) is 0 Å². The summed E-state index contributed by atoms with van der Waals surface area (Å²) in [4.78, 5) is 59.3. The molecule has 31 heavy (non-hydrogen) atoms. The van der Waals surface area contributed by atoms with Gasteiger partial charge in [0, 0.05) is 24.8 Å². The predicted molar refractivity (Wildman–Crippen MR) is 106 cm³/mol. The average Bonchev–Trinajstić information content (AvgIpc) is 2.95. The van der Waals surface area contributed by atoms with Crippen molar-refractivity contribution in [2.24, 2.45) is 0 Å². The lowest BCUT2D eigenvalue weighted by atomic mass is 10.1. The predicted octanol–water partition coefficient (Wildman–Crippen LogP) is 0.365. The van der Waals surface area contributed by atoms with Crippen LogP contribution in [0.1, 0.15) is 46.9 Å². The Morgan fingerprint density at radius 2 is 1.94 bits per heavy atom. The van der Waals surface area contributed by atoms with E-state index in [9.17, 15) is 37.7 Å². The highest BCUT2D eigenvalue weighted by Gasteiger charge is 2.40. The van der Waals surface area contributed by atoms with Crippen molar-refractivity contribution in [2.75, 3.05) is 18.1 Å². The average molecular weight is 455 g/mol. The van der Waals surface area contributed by atoms with Gasteiger partial charge in [-0.05, 0) is 18.9 Å². The molecule has 3 amide bonds. The quantitative estimate of drug-likeness (QED) is 0.270. The van der Waals surface area contributed by atoms with Crippen molar-refractivity contribution in [3.05, 3.63) is 39.4 Å².